The molecule has 1 aliphatic rings. The second-order valence-electron chi connectivity index (χ2n) is 4.03. The number of rotatable bonds is 1. The van der Waals surface area contributed by atoms with Gasteiger partial charge in [-0.25, -0.2) is 5.84 Å². The minimum atomic E-state index is 0.0943. The van der Waals surface area contributed by atoms with Crippen molar-refractivity contribution in [3.05, 3.63) is 0 Å². The standard InChI is InChI=1S/C9H18N2O/c1-3-9(2)5-4-6-11(10)8(12)7-9/h3-7,10H2,1-2H3. The predicted octanol–water partition coefficient (Wildman–Crippen LogP) is 1.29. The van der Waals surface area contributed by atoms with Gasteiger partial charge in [0.25, 0.3) is 0 Å². The van der Waals surface area contributed by atoms with Crippen molar-refractivity contribution in [2.75, 3.05) is 6.54 Å². The molecule has 2 N–H and O–H groups in total. The molecule has 12 heavy (non-hydrogen) atoms. The summed E-state index contributed by atoms with van der Waals surface area (Å²) in [6.07, 6.45) is 3.82. The number of carbonyl (C=O) groups is 1. The molecule has 1 saturated heterocycles. The van der Waals surface area contributed by atoms with Crippen LogP contribution in [0.5, 0.6) is 0 Å². The van der Waals surface area contributed by atoms with Gasteiger partial charge in [-0.15, -0.1) is 0 Å². The summed E-state index contributed by atoms with van der Waals surface area (Å²) in [7, 11) is 0. The van der Waals surface area contributed by atoms with E-state index in [2.05, 4.69) is 13.8 Å². The van der Waals surface area contributed by atoms with E-state index < -0.39 is 0 Å². The van der Waals surface area contributed by atoms with Crippen molar-refractivity contribution >= 4 is 5.91 Å². The van der Waals surface area contributed by atoms with Crippen molar-refractivity contribution in [3.63, 3.8) is 0 Å². The third-order valence-corrected chi connectivity index (χ3v) is 2.93. The SMILES string of the molecule is CCC1(C)CCCN(N)C(=O)C1. The molecular weight excluding hydrogens is 152 g/mol. The van der Waals surface area contributed by atoms with E-state index in [-0.39, 0.29) is 11.3 Å². The Morgan fingerprint density at radius 2 is 2.33 bits per heavy atom. The van der Waals surface area contributed by atoms with E-state index in [9.17, 15) is 4.79 Å². The molecule has 0 radical (unpaired) electrons. The second-order valence-corrected chi connectivity index (χ2v) is 4.03. The quantitative estimate of drug-likeness (QED) is 0.476. The highest BCUT2D eigenvalue weighted by Gasteiger charge is 2.29. The summed E-state index contributed by atoms with van der Waals surface area (Å²) in [5, 5.41) is 1.36. The van der Waals surface area contributed by atoms with Crippen molar-refractivity contribution in [1.82, 2.24) is 5.01 Å². The first-order valence-corrected chi connectivity index (χ1v) is 4.62. The zero-order valence-electron chi connectivity index (χ0n) is 7.97. The van der Waals surface area contributed by atoms with Crippen LogP contribution in [-0.4, -0.2) is 17.5 Å². The molecular formula is C9H18N2O. The minimum Gasteiger partial charge on any atom is -0.281 e. The van der Waals surface area contributed by atoms with Crippen LogP contribution in [0.15, 0.2) is 0 Å². The Morgan fingerprint density at radius 1 is 1.67 bits per heavy atom. The van der Waals surface area contributed by atoms with Crippen LogP contribution < -0.4 is 5.84 Å². The van der Waals surface area contributed by atoms with Gasteiger partial charge in [-0.1, -0.05) is 20.3 Å². The number of carbonyl (C=O) groups excluding carboxylic acids is 1. The van der Waals surface area contributed by atoms with Crippen molar-refractivity contribution in [1.29, 1.82) is 0 Å². The van der Waals surface area contributed by atoms with E-state index in [1.54, 1.807) is 0 Å². The second kappa shape index (κ2) is 3.44. The Morgan fingerprint density at radius 3 is 2.92 bits per heavy atom. The number of nitrogens with two attached hydrogens (primary N) is 1. The van der Waals surface area contributed by atoms with Gasteiger partial charge in [0.1, 0.15) is 0 Å². The van der Waals surface area contributed by atoms with Crippen LogP contribution in [0.1, 0.15) is 39.5 Å². The summed E-state index contributed by atoms with van der Waals surface area (Å²) in [6, 6.07) is 0. The van der Waals surface area contributed by atoms with Gasteiger partial charge in [0, 0.05) is 13.0 Å². The normalized spacial score (nSPS) is 31.9. The molecule has 0 aromatic heterocycles. The van der Waals surface area contributed by atoms with Gasteiger partial charge in [0.05, 0.1) is 0 Å². The first kappa shape index (κ1) is 9.52. The molecule has 0 saturated carbocycles. The third-order valence-electron chi connectivity index (χ3n) is 2.93. The first-order valence-electron chi connectivity index (χ1n) is 4.62. The van der Waals surface area contributed by atoms with E-state index in [1.165, 1.54) is 5.01 Å². The average Bonchev–Trinajstić information content (AvgIpc) is 2.14. The Kier molecular flexibility index (Phi) is 2.73. The number of hydrazine groups is 1. The average molecular weight is 170 g/mol. The largest absolute Gasteiger partial charge is 0.281 e. The van der Waals surface area contributed by atoms with E-state index in [4.69, 9.17) is 5.84 Å². The van der Waals surface area contributed by atoms with Gasteiger partial charge in [-0.2, -0.15) is 0 Å². The maximum absolute atomic E-state index is 11.4. The molecule has 70 valence electrons. The molecule has 1 rings (SSSR count). The van der Waals surface area contributed by atoms with E-state index >= 15 is 0 Å². The summed E-state index contributed by atoms with van der Waals surface area (Å²) in [6.45, 7) is 5.03. The summed E-state index contributed by atoms with van der Waals surface area (Å²) >= 11 is 0. The first-order chi connectivity index (χ1) is 5.57. The molecule has 0 bridgehead atoms. The molecule has 1 atom stereocenters. The summed E-state index contributed by atoms with van der Waals surface area (Å²) in [5.74, 6) is 5.63. The molecule has 1 unspecified atom stereocenters. The van der Waals surface area contributed by atoms with E-state index in [1.807, 2.05) is 0 Å². The fourth-order valence-electron chi connectivity index (χ4n) is 1.66. The molecule has 1 aliphatic heterocycles. The third kappa shape index (κ3) is 1.97. The van der Waals surface area contributed by atoms with Crippen molar-refractivity contribution in [2.45, 2.75) is 39.5 Å². The zero-order chi connectivity index (χ0) is 9.19. The van der Waals surface area contributed by atoms with Gasteiger partial charge >= 0.3 is 0 Å². The minimum absolute atomic E-state index is 0.0943. The Balaban J connectivity index is 2.66. The number of nitrogens with zero attached hydrogens (tertiary/aromatic N) is 1. The predicted molar refractivity (Wildman–Crippen MR) is 48.1 cm³/mol. The smallest absolute Gasteiger partial charge is 0.237 e. The van der Waals surface area contributed by atoms with Gasteiger partial charge < -0.3 is 0 Å². The number of hydrogen-bond donors (Lipinski definition) is 1. The van der Waals surface area contributed by atoms with Crippen LogP contribution in [0.2, 0.25) is 0 Å². The maximum atomic E-state index is 11.4. The van der Waals surface area contributed by atoms with Crippen molar-refractivity contribution < 1.29 is 4.79 Å². The Labute approximate surface area is 73.9 Å². The van der Waals surface area contributed by atoms with Gasteiger partial charge in [0.15, 0.2) is 0 Å². The summed E-state index contributed by atoms with van der Waals surface area (Å²) in [4.78, 5) is 11.4. The maximum Gasteiger partial charge on any atom is 0.237 e. The summed E-state index contributed by atoms with van der Waals surface area (Å²) < 4.78 is 0. The lowest BCUT2D eigenvalue weighted by Crippen LogP contribution is -2.37. The molecule has 0 aromatic carbocycles. The van der Waals surface area contributed by atoms with E-state index in [0.717, 1.165) is 19.3 Å². The molecule has 1 amide bonds. The van der Waals surface area contributed by atoms with Gasteiger partial charge in [0.2, 0.25) is 5.91 Å². The fraction of sp³-hybridized carbons (Fsp3) is 0.889. The Bertz CT molecular complexity index is 181. The van der Waals surface area contributed by atoms with Crippen molar-refractivity contribution in [2.24, 2.45) is 11.3 Å². The summed E-state index contributed by atoms with van der Waals surface area (Å²) in [5.41, 5.74) is 0.186. The topological polar surface area (TPSA) is 46.3 Å². The Hall–Kier alpha value is -0.570. The number of hydrogen-bond acceptors (Lipinski definition) is 2. The van der Waals surface area contributed by atoms with E-state index in [0.29, 0.717) is 13.0 Å². The molecule has 0 spiro atoms. The van der Waals surface area contributed by atoms with Crippen LogP contribution in [0, 0.1) is 5.41 Å². The van der Waals surface area contributed by atoms with Crippen LogP contribution in [0.25, 0.3) is 0 Å². The van der Waals surface area contributed by atoms with Crippen LogP contribution in [-0.2, 0) is 4.79 Å². The zero-order valence-corrected chi connectivity index (χ0v) is 7.97. The molecule has 3 heteroatoms. The molecule has 0 aromatic rings. The van der Waals surface area contributed by atoms with Crippen LogP contribution in [0.4, 0.5) is 0 Å². The lowest BCUT2D eigenvalue weighted by Gasteiger charge is -2.24. The molecule has 1 heterocycles. The van der Waals surface area contributed by atoms with Crippen molar-refractivity contribution in [3.8, 4) is 0 Å². The van der Waals surface area contributed by atoms with Gasteiger partial charge in [-0.3, -0.25) is 9.80 Å². The fourth-order valence-corrected chi connectivity index (χ4v) is 1.66. The highest BCUT2D eigenvalue weighted by molar-refractivity contribution is 5.76. The lowest BCUT2D eigenvalue weighted by molar-refractivity contribution is -0.132. The molecule has 1 fully saturated rings. The highest BCUT2D eigenvalue weighted by Crippen LogP contribution is 2.33. The number of amides is 1. The van der Waals surface area contributed by atoms with Crippen LogP contribution in [0.3, 0.4) is 0 Å². The van der Waals surface area contributed by atoms with Crippen LogP contribution >= 0.6 is 0 Å². The molecule has 0 aliphatic carbocycles. The lowest BCUT2D eigenvalue weighted by atomic mass is 9.80. The highest BCUT2D eigenvalue weighted by atomic mass is 16.2. The monoisotopic (exact) mass is 170 g/mol. The van der Waals surface area contributed by atoms with Gasteiger partial charge in [-0.05, 0) is 18.3 Å². The molecule has 3 nitrogen and oxygen atoms in total.